The van der Waals surface area contributed by atoms with Gasteiger partial charge in [-0.15, -0.1) is 18.3 Å². The molecule has 9 nitrogen and oxygen atoms in total. The average molecular weight is 405 g/mol. The first-order valence-electron chi connectivity index (χ1n) is 8.72. The molecule has 0 saturated carbocycles. The molecule has 1 N–H and O–H groups in total. The Balaban J connectivity index is 1.64. The van der Waals surface area contributed by atoms with Crippen molar-refractivity contribution in [2.45, 2.75) is 25.7 Å². The van der Waals surface area contributed by atoms with Gasteiger partial charge in [-0.3, -0.25) is 0 Å². The molecule has 4 aromatic heterocycles. The zero-order valence-electron chi connectivity index (χ0n) is 15.0. The number of aromatic nitrogens is 6. The second kappa shape index (κ2) is 6.22. The van der Waals surface area contributed by atoms with Gasteiger partial charge in [0.15, 0.2) is 5.75 Å². The minimum Gasteiger partial charge on any atom is -0.408 e. The molecule has 1 aliphatic heterocycles. The number of hydrogen-bond acceptors (Lipinski definition) is 7. The number of aryl methyl sites for hydroxylation is 1. The molecule has 0 saturated heterocycles. The third kappa shape index (κ3) is 3.05. The van der Waals surface area contributed by atoms with Crippen molar-refractivity contribution in [3.05, 3.63) is 53.7 Å². The summed E-state index contributed by atoms with van der Waals surface area (Å²) in [6.45, 7) is 2.22. The molecule has 29 heavy (non-hydrogen) atoms. The van der Waals surface area contributed by atoms with E-state index in [-0.39, 0.29) is 11.3 Å². The topological polar surface area (TPSA) is 97.4 Å². The lowest BCUT2D eigenvalue weighted by atomic mass is 10.0. The maximum atomic E-state index is 12.8. The lowest BCUT2D eigenvalue weighted by molar-refractivity contribution is -0.274. The Morgan fingerprint density at radius 3 is 2.93 bits per heavy atom. The fourth-order valence-corrected chi connectivity index (χ4v) is 3.54. The van der Waals surface area contributed by atoms with Crippen LogP contribution >= 0.6 is 0 Å². The summed E-state index contributed by atoms with van der Waals surface area (Å²) >= 11 is 0. The van der Waals surface area contributed by atoms with Gasteiger partial charge in [-0.1, -0.05) is 5.10 Å². The zero-order valence-corrected chi connectivity index (χ0v) is 15.0. The minimum atomic E-state index is -4.81. The average Bonchev–Trinajstić information content (AvgIpc) is 3.38. The summed E-state index contributed by atoms with van der Waals surface area (Å²) in [5.74, 6) is 0.0689. The minimum absolute atomic E-state index is 0.184. The lowest BCUT2D eigenvalue weighted by Gasteiger charge is -2.32. The van der Waals surface area contributed by atoms with Crippen LogP contribution in [0.3, 0.4) is 0 Å². The molecule has 1 atom stereocenters. The van der Waals surface area contributed by atoms with Crippen molar-refractivity contribution in [1.29, 1.82) is 0 Å². The second-order valence-corrected chi connectivity index (χ2v) is 6.54. The molecule has 1 aliphatic rings. The van der Waals surface area contributed by atoms with E-state index in [2.05, 4.69) is 30.0 Å². The largest absolute Gasteiger partial charge is 0.573 e. The smallest absolute Gasteiger partial charge is 0.408 e. The van der Waals surface area contributed by atoms with Gasteiger partial charge in [-0.05, 0) is 18.2 Å². The molecular weight excluding hydrogens is 391 g/mol. The van der Waals surface area contributed by atoms with Crippen LogP contribution in [-0.4, -0.2) is 42.7 Å². The molecule has 5 rings (SSSR count). The fourth-order valence-electron chi connectivity index (χ4n) is 3.54. The Morgan fingerprint density at radius 2 is 2.17 bits per heavy atom. The van der Waals surface area contributed by atoms with E-state index in [9.17, 15) is 13.2 Å². The molecule has 0 spiro atoms. The van der Waals surface area contributed by atoms with Crippen LogP contribution in [0.2, 0.25) is 0 Å². The Morgan fingerprint density at radius 1 is 1.31 bits per heavy atom. The fraction of sp³-hybridized carbons (Fsp3) is 0.294. The van der Waals surface area contributed by atoms with Crippen molar-refractivity contribution in [1.82, 2.24) is 29.8 Å². The summed E-state index contributed by atoms with van der Waals surface area (Å²) in [5.41, 5.74) is 2.29. The number of ether oxygens (including phenoxy) is 1. The molecule has 150 valence electrons. The van der Waals surface area contributed by atoms with Crippen molar-refractivity contribution >= 4 is 11.5 Å². The molecule has 0 amide bonds. The number of pyridine rings is 1. The first kappa shape index (κ1) is 17.5. The van der Waals surface area contributed by atoms with Crippen molar-refractivity contribution in [3.8, 4) is 5.75 Å². The van der Waals surface area contributed by atoms with Crippen LogP contribution in [0.4, 0.5) is 19.2 Å². The number of imidazole rings is 1. The molecule has 0 aromatic carbocycles. The first-order chi connectivity index (χ1) is 13.9. The van der Waals surface area contributed by atoms with Crippen LogP contribution in [0.25, 0.3) is 5.52 Å². The van der Waals surface area contributed by atoms with Crippen molar-refractivity contribution in [3.63, 3.8) is 0 Å². The zero-order chi connectivity index (χ0) is 20.2. The van der Waals surface area contributed by atoms with Crippen LogP contribution in [-0.2, 0) is 6.42 Å². The third-order valence-corrected chi connectivity index (χ3v) is 4.67. The van der Waals surface area contributed by atoms with E-state index in [1.807, 2.05) is 4.90 Å². The van der Waals surface area contributed by atoms with Gasteiger partial charge in [0.25, 0.3) is 0 Å². The van der Waals surface area contributed by atoms with Gasteiger partial charge in [0.1, 0.15) is 11.6 Å². The maximum Gasteiger partial charge on any atom is 0.573 e. The van der Waals surface area contributed by atoms with Crippen LogP contribution in [0.15, 0.2) is 35.1 Å². The molecule has 12 heteroatoms. The number of nitrogens with zero attached hydrogens (tertiary/aromatic N) is 6. The summed E-state index contributed by atoms with van der Waals surface area (Å²) in [6, 6.07) is 4.01. The van der Waals surface area contributed by atoms with Gasteiger partial charge >= 0.3 is 12.4 Å². The van der Waals surface area contributed by atoms with Crippen LogP contribution in [0.1, 0.15) is 29.0 Å². The molecule has 5 heterocycles. The Bertz CT molecular complexity index is 1180. The molecule has 0 radical (unpaired) electrons. The highest BCUT2D eigenvalue weighted by atomic mass is 19.4. The maximum absolute atomic E-state index is 12.8. The summed E-state index contributed by atoms with van der Waals surface area (Å²) in [6.07, 6.45) is -1.01. The number of aromatic amines is 1. The highest BCUT2D eigenvalue weighted by molar-refractivity contribution is 5.61. The predicted octanol–water partition coefficient (Wildman–Crippen LogP) is 2.80. The van der Waals surface area contributed by atoms with Gasteiger partial charge in [0, 0.05) is 31.8 Å². The summed E-state index contributed by atoms with van der Waals surface area (Å²) in [5, 5.41) is 12.4. The molecular formula is C17H14F3N7O2. The van der Waals surface area contributed by atoms with E-state index < -0.39 is 12.4 Å². The van der Waals surface area contributed by atoms with E-state index in [4.69, 9.17) is 4.42 Å². The third-order valence-electron chi connectivity index (χ3n) is 4.67. The standard InChI is InChI=1S/C17H14F3N7O2/c1-9-23-24-16(28-9)26-6-4-10-14(22-8-21-10)15(26)11-7-12-13(29-17(18,19)20)3-2-5-27(12)25-11/h2-3,5,7-8,15H,4,6H2,1H3,(H,21,22). The number of halogens is 3. The lowest BCUT2D eigenvalue weighted by Crippen LogP contribution is -2.36. The van der Waals surface area contributed by atoms with Gasteiger partial charge in [-0.2, -0.15) is 5.10 Å². The second-order valence-electron chi connectivity index (χ2n) is 6.54. The van der Waals surface area contributed by atoms with Gasteiger partial charge < -0.3 is 19.0 Å². The number of fused-ring (bicyclic) bond motifs is 2. The molecule has 1 unspecified atom stereocenters. The molecule has 4 aromatic rings. The van der Waals surface area contributed by atoms with E-state index in [0.29, 0.717) is 36.3 Å². The SMILES string of the molecule is Cc1nnc(N2CCc3[nH]cnc3C2c2cc3c(OC(F)(F)F)cccn3n2)o1. The van der Waals surface area contributed by atoms with Crippen molar-refractivity contribution < 1.29 is 22.3 Å². The summed E-state index contributed by atoms with van der Waals surface area (Å²) < 4.78 is 49.4. The molecule has 0 aliphatic carbocycles. The van der Waals surface area contributed by atoms with Crippen LogP contribution < -0.4 is 9.64 Å². The van der Waals surface area contributed by atoms with Crippen LogP contribution in [0.5, 0.6) is 5.75 Å². The number of rotatable bonds is 3. The number of alkyl halides is 3. The normalized spacial score (nSPS) is 17.0. The Labute approximate surface area is 161 Å². The number of anilines is 1. The first-order valence-corrected chi connectivity index (χ1v) is 8.72. The van der Waals surface area contributed by atoms with Gasteiger partial charge in [0.2, 0.25) is 5.89 Å². The van der Waals surface area contributed by atoms with E-state index in [0.717, 1.165) is 5.69 Å². The highest BCUT2D eigenvalue weighted by Gasteiger charge is 2.37. The van der Waals surface area contributed by atoms with Crippen LogP contribution in [0, 0.1) is 6.92 Å². The van der Waals surface area contributed by atoms with Crippen molar-refractivity contribution in [2.24, 2.45) is 0 Å². The van der Waals surface area contributed by atoms with Gasteiger partial charge in [-0.25, -0.2) is 9.50 Å². The Kier molecular flexibility index (Phi) is 3.76. The molecule has 0 fully saturated rings. The number of nitrogens with one attached hydrogen (secondary N) is 1. The van der Waals surface area contributed by atoms with Gasteiger partial charge in [0.05, 0.1) is 17.7 Å². The summed E-state index contributed by atoms with van der Waals surface area (Å²) in [7, 11) is 0. The highest BCUT2D eigenvalue weighted by Crippen LogP contribution is 2.37. The number of H-pyrrole nitrogens is 1. The van der Waals surface area contributed by atoms with E-state index >= 15 is 0 Å². The molecule has 0 bridgehead atoms. The quantitative estimate of drug-likeness (QED) is 0.560. The predicted molar refractivity (Wildman–Crippen MR) is 92.4 cm³/mol. The van der Waals surface area contributed by atoms with E-state index in [1.165, 1.54) is 16.6 Å². The summed E-state index contributed by atoms with van der Waals surface area (Å²) in [4.78, 5) is 9.34. The number of hydrogen-bond donors (Lipinski definition) is 1. The van der Waals surface area contributed by atoms with E-state index in [1.54, 1.807) is 25.5 Å². The monoisotopic (exact) mass is 405 g/mol. The van der Waals surface area contributed by atoms with Crippen molar-refractivity contribution in [2.75, 3.05) is 11.4 Å². The Hall–Kier alpha value is -3.57.